The molecular formula is C26H49B. The topological polar surface area (TPSA) is 0 Å². The molecule has 0 amide bonds. The summed E-state index contributed by atoms with van der Waals surface area (Å²) in [7, 11) is 2.41. The highest BCUT2D eigenvalue weighted by Gasteiger charge is 2.34. The summed E-state index contributed by atoms with van der Waals surface area (Å²) in [5.74, 6) is 7.43. The largest absolute Gasteiger partial charge is 0.105 e. The van der Waals surface area contributed by atoms with Gasteiger partial charge in [0.2, 0.25) is 0 Å². The Morgan fingerprint density at radius 1 is 0.630 bits per heavy atom. The molecule has 0 spiro atoms. The standard InChI is InChI=1S/C26H49B/c1-3-7-21(11-10-20(2)27)23-12-16-25(17-13-23)26-18-14-24(15-19-26)22-8-5-4-6-9-22/h20-26H,3-19,27H2,1-2H3. The van der Waals surface area contributed by atoms with E-state index in [-0.39, 0.29) is 0 Å². The molecule has 0 radical (unpaired) electrons. The first-order valence-electron chi connectivity index (χ1n) is 13.2. The van der Waals surface area contributed by atoms with Crippen molar-refractivity contribution in [1.29, 1.82) is 0 Å². The molecule has 3 aliphatic rings. The van der Waals surface area contributed by atoms with Crippen molar-refractivity contribution in [3.8, 4) is 0 Å². The molecule has 0 aromatic rings. The van der Waals surface area contributed by atoms with Crippen molar-refractivity contribution in [3.63, 3.8) is 0 Å². The van der Waals surface area contributed by atoms with Crippen LogP contribution in [0.15, 0.2) is 0 Å². The van der Waals surface area contributed by atoms with Crippen LogP contribution < -0.4 is 0 Å². The van der Waals surface area contributed by atoms with Crippen LogP contribution in [-0.4, -0.2) is 7.85 Å². The van der Waals surface area contributed by atoms with Crippen molar-refractivity contribution in [1.82, 2.24) is 0 Å². The van der Waals surface area contributed by atoms with E-state index >= 15 is 0 Å². The van der Waals surface area contributed by atoms with Crippen molar-refractivity contribution >= 4 is 7.85 Å². The highest BCUT2D eigenvalue weighted by atomic mass is 14.4. The van der Waals surface area contributed by atoms with E-state index in [1.54, 1.807) is 64.2 Å². The zero-order chi connectivity index (χ0) is 19.1. The molecule has 3 aliphatic carbocycles. The van der Waals surface area contributed by atoms with Gasteiger partial charge in [-0.1, -0.05) is 77.5 Å². The summed E-state index contributed by atoms with van der Waals surface area (Å²) >= 11 is 0. The molecule has 0 N–H and O–H groups in total. The molecule has 3 rings (SSSR count). The summed E-state index contributed by atoms with van der Waals surface area (Å²) in [5, 5.41) is 0. The molecule has 0 aliphatic heterocycles. The predicted octanol–water partition coefficient (Wildman–Crippen LogP) is 7.82. The van der Waals surface area contributed by atoms with Crippen molar-refractivity contribution in [3.05, 3.63) is 0 Å². The van der Waals surface area contributed by atoms with Gasteiger partial charge in [-0.25, -0.2) is 0 Å². The van der Waals surface area contributed by atoms with Crippen LogP contribution in [0.3, 0.4) is 0 Å². The lowest BCUT2D eigenvalue weighted by atomic mass is 9.64. The fraction of sp³-hybridized carbons (Fsp3) is 1.00. The van der Waals surface area contributed by atoms with E-state index in [0.29, 0.717) is 0 Å². The van der Waals surface area contributed by atoms with Gasteiger partial charge >= 0.3 is 0 Å². The Morgan fingerprint density at radius 2 is 1.11 bits per heavy atom. The normalized spacial score (nSPS) is 35.6. The van der Waals surface area contributed by atoms with Crippen LogP contribution in [0.4, 0.5) is 0 Å². The first-order valence-corrected chi connectivity index (χ1v) is 13.2. The summed E-state index contributed by atoms with van der Waals surface area (Å²) in [5.41, 5.74) is 0. The van der Waals surface area contributed by atoms with E-state index in [1.807, 2.05) is 0 Å². The summed E-state index contributed by atoms with van der Waals surface area (Å²) in [6, 6.07) is 0. The van der Waals surface area contributed by atoms with Crippen LogP contribution >= 0.6 is 0 Å². The molecule has 156 valence electrons. The van der Waals surface area contributed by atoms with Crippen LogP contribution in [0.2, 0.25) is 5.82 Å². The van der Waals surface area contributed by atoms with Gasteiger partial charge in [0.1, 0.15) is 7.85 Å². The Kier molecular flexibility index (Phi) is 9.11. The highest BCUT2D eigenvalue weighted by Crippen LogP contribution is 2.47. The lowest BCUT2D eigenvalue weighted by molar-refractivity contribution is 0.0981. The van der Waals surface area contributed by atoms with Gasteiger partial charge in [0.25, 0.3) is 0 Å². The third-order valence-electron chi connectivity index (χ3n) is 9.06. The van der Waals surface area contributed by atoms with E-state index in [1.165, 1.54) is 44.9 Å². The van der Waals surface area contributed by atoms with Gasteiger partial charge in [-0.2, -0.15) is 0 Å². The van der Waals surface area contributed by atoms with Crippen LogP contribution in [0.25, 0.3) is 0 Å². The van der Waals surface area contributed by atoms with Gasteiger partial charge < -0.3 is 0 Å². The number of hydrogen-bond acceptors (Lipinski definition) is 0. The van der Waals surface area contributed by atoms with Gasteiger partial charge in [0, 0.05) is 0 Å². The minimum absolute atomic E-state index is 0.889. The molecule has 0 aromatic carbocycles. The summed E-state index contributed by atoms with van der Waals surface area (Å²) in [6.07, 6.45) is 26.2. The Labute approximate surface area is 172 Å². The minimum atomic E-state index is 0.889. The maximum absolute atomic E-state index is 2.41. The third-order valence-corrected chi connectivity index (χ3v) is 9.06. The first kappa shape index (κ1) is 21.8. The van der Waals surface area contributed by atoms with Crippen LogP contribution in [-0.2, 0) is 0 Å². The second-order valence-corrected chi connectivity index (χ2v) is 11.3. The van der Waals surface area contributed by atoms with E-state index in [4.69, 9.17) is 0 Å². The molecule has 0 aromatic heterocycles. The maximum Gasteiger partial charge on any atom is 0.105 e. The first-order chi connectivity index (χ1) is 13.2. The lowest BCUT2D eigenvalue weighted by Gasteiger charge is -2.42. The smallest absolute Gasteiger partial charge is 0.0725 e. The molecule has 27 heavy (non-hydrogen) atoms. The number of hydrogen-bond donors (Lipinski definition) is 0. The van der Waals surface area contributed by atoms with E-state index in [9.17, 15) is 0 Å². The van der Waals surface area contributed by atoms with Gasteiger partial charge in [-0.3, -0.25) is 0 Å². The van der Waals surface area contributed by atoms with Crippen molar-refractivity contribution in [2.75, 3.05) is 0 Å². The lowest BCUT2D eigenvalue weighted by Crippen LogP contribution is -2.30. The van der Waals surface area contributed by atoms with Gasteiger partial charge in [0.05, 0.1) is 0 Å². The Balaban J connectivity index is 1.39. The zero-order valence-corrected chi connectivity index (χ0v) is 19.1. The average Bonchev–Trinajstić information content (AvgIpc) is 2.72. The second kappa shape index (κ2) is 11.3. The van der Waals surface area contributed by atoms with Gasteiger partial charge in [-0.15, -0.1) is 0 Å². The molecule has 0 bridgehead atoms. The number of rotatable bonds is 8. The molecule has 2 atom stereocenters. The van der Waals surface area contributed by atoms with E-state index in [0.717, 1.165) is 41.3 Å². The molecule has 2 unspecified atom stereocenters. The zero-order valence-electron chi connectivity index (χ0n) is 19.1. The molecule has 0 nitrogen and oxygen atoms in total. The van der Waals surface area contributed by atoms with Crippen LogP contribution in [0.1, 0.15) is 123 Å². The van der Waals surface area contributed by atoms with Crippen LogP contribution in [0, 0.1) is 35.5 Å². The molecule has 0 heterocycles. The summed E-state index contributed by atoms with van der Waals surface area (Å²) < 4.78 is 0. The quantitative estimate of drug-likeness (QED) is 0.381. The molecule has 3 saturated carbocycles. The van der Waals surface area contributed by atoms with E-state index < -0.39 is 0 Å². The Hall–Kier alpha value is 0.0649. The Bertz CT molecular complexity index is 381. The minimum Gasteiger partial charge on any atom is -0.0725 e. The SMILES string of the molecule is BC(C)CCC(CCC)C1CCC(C2CCC(C3CCCCC3)CC2)CC1. The Morgan fingerprint density at radius 3 is 1.59 bits per heavy atom. The fourth-order valence-corrected chi connectivity index (χ4v) is 7.32. The molecule has 3 fully saturated rings. The van der Waals surface area contributed by atoms with Crippen molar-refractivity contribution in [2.24, 2.45) is 35.5 Å². The molecular weight excluding hydrogens is 323 g/mol. The average molecular weight is 372 g/mol. The predicted molar refractivity (Wildman–Crippen MR) is 123 cm³/mol. The van der Waals surface area contributed by atoms with Gasteiger partial charge in [0.15, 0.2) is 0 Å². The third kappa shape index (κ3) is 6.53. The molecule has 1 heteroatoms. The van der Waals surface area contributed by atoms with Crippen LogP contribution in [0.5, 0.6) is 0 Å². The summed E-state index contributed by atoms with van der Waals surface area (Å²) in [6.45, 7) is 4.81. The monoisotopic (exact) mass is 372 g/mol. The fourth-order valence-electron chi connectivity index (χ4n) is 7.32. The summed E-state index contributed by atoms with van der Waals surface area (Å²) in [4.78, 5) is 0. The second-order valence-electron chi connectivity index (χ2n) is 11.3. The molecule has 0 saturated heterocycles. The van der Waals surface area contributed by atoms with Crippen molar-refractivity contribution < 1.29 is 0 Å². The van der Waals surface area contributed by atoms with E-state index in [2.05, 4.69) is 21.7 Å². The van der Waals surface area contributed by atoms with Crippen molar-refractivity contribution in [2.45, 2.75) is 129 Å². The van der Waals surface area contributed by atoms with Gasteiger partial charge in [-0.05, 0) is 86.9 Å². The maximum atomic E-state index is 2.41. The highest BCUT2D eigenvalue weighted by molar-refractivity contribution is 6.11.